The smallest absolute Gasteiger partial charge is 0.490 e. The largest absolute Gasteiger partial charge is 0.573 e. The van der Waals surface area contributed by atoms with Crippen molar-refractivity contribution in [1.29, 1.82) is 0 Å². The molecule has 0 fully saturated rings. The number of rotatable bonds is 15. The molecule has 0 saturated heterocycles. The van der Waals surface area contributed by atoms with E-state index in [9.17, 15) is 13.2 Å². The average Bonchev–Trinajstić information content (AvgIpc) is 3.66. The molecule has 0 aliphatic carbocycles. The topological polar surface area (TPSA) is 120 Å². The van der Waals surface area contributed by atoms with Crippen LogP contribution in [0.4, 0.5) is 13.2 Å². The maximum absolute atomic E-state index is 12.8. The number of unbranched alkanes of at least 4 members (excludes halogenated alkanes) is 1. The predicted molar refractivity (Wildman–Crippen MR) is 147 cm³/mol. The molecule has 0 unspecified atom stereocenters. The van der Waals surface area contributed by atoms with Gasteiger partial charge in [-0.15, -0.1) is 13.2 Å². The summed E-state index contributed by atoms with van der Waals surface area (Å²) in [7, 11) is 0. The summed E-state index contributed by atoms with van der Waals surface area (Å²) >= 11 is 0. The van der Waals surface area contributed by atoms with E-state index in [4.69, 9.17) is 13.9 Å². The van der Waals surface area contributed by atoms with Gasteiger partial charge in [0.1, 0.15) is 23.9 Å². The summed E-state index contributed by atoms with van der Waals surface area (Å²) in [6.45, 7) is 2.43. The fraction of sp³-hybridized carbons (Fsp3) is 0.310. The Morgan fingerprint density at radius 2 is 1.81 bits per heavy atom. The van der Waals surface area contributed by atoms with Crippen LogP contribution in [0.3, 0.4) is 0 Å². The predicted octanol–water partition coefficient (Wildman–Crippen LogP) is 5.46. The number of halogens is 3. The lowest BCUT2D eigenvalue weighted by atomic mass is 10.1. The number of hydrogen-bond acceptors (Lipinski definition) is 9. The Bertz CT molecular complexity index is 1540. The Labute approximate surface area is 239 Å². The van der Waals surface area contributed by atoms with Crippen LogP contribution in [0.5, 0.6) is 11.5 Å². The number of benzene rings is 2. The quantitative estimate of drug-likeness (QED) is 0.155. The first-order chi connectivity index (χ1) is 20.4. The molecule has 0 amide bonds. The van der Waals surface area contributed by atoms with E-state index >= 15 is 0 Å². The van der Waals surface area contributed by atoms with E-state index in [1.807, 2.05) is 24.3 Å². The third-order valence-electron chi connectivity index (χ3n) is 6.27. The molecule has 220 valence electrons. The average molecular weight is 583 g/mol. The van der Waals surface area contributed by atoms with Gasteiger partial charge in [-0.05, 0) is 66.4 Å². The summed E-state index contributed by atoms with van der Waals surface area (Å²) in [5.41, 5.74) is 4.03. The second-order valence-corrected chi connectivity index (χ2v) is 9.46. The van der Waals surface area contributed by atoms with Crippen LogP contribution in [0.25, 0.3) is 22.0 Å². The Balaban J connectivity index is 1.02. The third kappa shape index (κ3) is 8.51. The van der Waals surface area contributed by atoms with Crippen LogP contribution in [0, 0.1) is 0 Å². The molecule has 0 bridgehead atoms. The minimum atomic E-state index is -4.77. The van der Waals surface area contributed by atoms with Gasteiger partial charge in [0.15, 0.2) is 6.39 Å². The highest BCUT2D eigenvalue weighted by Crippen LogP contribution is 2.31. The molecule has 0 spiro atoms. The van der Waals surface area contributed by atoms with Gasteiger partial charge in [-0.2, -0.15) is 15.3 Å². The van der Waals surface area contributed by atoms with Crippen LogP contribution in [-0.4, -0.2) is 58.1 Å². The van der Waals surface area contributed by atoms with Gasteiger partial charge in [0.05, 0.1) is 42.3 Å². The molecule has 0 radical (unpaired) electrons. The van der Waals surface area contributed by atoms with E-state index in [0.29, 0.717) is 62.0 Å². The first kappa shape index (κ1) is 29.0. The molecule has 2 N–H and O–H groups in total. The SMILES string of the molecule is FC(F)(F)Oc1cc(CNCCCCOCCOc2cc(-c3ccnnc3)cc3[nH]ncc23)cc(Cc2cnco2)c1. The van der Waals surface area contributed by atoms with Crippen LogP contribution in [-0.2, 0) is 17.7 Å². The zero-order chi connectivity index (χ0) is 29.2. The molecule has 2 aromatic carbocycles. The molecule has 42 heavy (non-hydrogen) atoms. The lowest BCUT2D eigenvalue weighted by Crippen LogP contribution is -2.18. The van der Waals surface area contributed by atoms with Crippen molar-refractivity contribution in [2.45, 2.75) is 32.2 Å². The van der Waals surface area contributed by atoms with Gasteiger partial charge in [-0.25, -0.2) is 4.98 Å². The maximum Gasteiger partial charge on any atom is 0.573 e. The van der Waals surface area contributed by atoms with E-state index in [0.717, 1.165) is 34.9 Å². The number of ether oxygens (including phenoxy) is 3. The fourth-order valence-electron chi connectivity index (χ4n) is 4.42. The van der Waals surface area contributed by atoms with Crippen molar-refractivity contribution in [2.24, 2.45) is 0 Å². The lowest BCUT2D eigenvalue weighted by Gasteiger charge is -2.13. The molecule has 0 aliphatic heterocycles. The molecule has 3 aromatic heterocycles. The summed E-state index contributed by atoms with van der Waals surface area (Å²) in [4.78, 5) is 3.85. The van der Waals surface area contributed by atoms with Crippen molar-refractivity contribution in [2.75, 3.05) is 26.4 Å². The van der Waals surface area contributed by atoms with Crippen molar-refractivity contribution >= 4 is 10.9 Å². The number of aromatic nitrogens is 5. The van der Waals surface area contributed by atoms with E-state index in [1.165, 1.54) is 24.7 Å². The van der Waals surface area contributed by atoms with Gasteiger partial charge in [-0.1, -0.05) is 6.07 Å². The number of nitrogens with one attached hydrogen (secondary N) is 2. The third-order valence-corrected chi connectivity index (χ3v) is 6.27. The molecular formula is C29H29F3N6O4. The summed E-state index contributed by atoms with van der Waals surface area (Å²) in [5.74, 6) is 0.991. The number of nitrogens with zero attached hydrogens (tertiary/aromatic N) is 4. The minimum absolute atomic E-state index is 0.262. The van der Waals surface area contributed by atoms with Crippen LogP contribution in [0.1, 0.15) is 29.7 Å². The van der Waals surface area contributed by atoms with Gasteiger partial charge in [0.2, 0.25) is 0 Å². The first-order valence-electron chi connectivity index (χ1n) is 13.3. The summed E-state index contributed by atoms with van der Waals surface area (Å²) in [6.07, 6.45) is 5.06. The van der Waals surface area contributed by atoms with Gasteiger partial charge in [0, 0.05) is 25.1 Å². The molecule has 0 atom stereocenters. The van der Waals surface area contributed by atoms with Crippen molar-refractivity contribution in [3.8, 4) is 22.6 Å². The number of H-pyrrole nitrogens is 1. The molecule has 0 aliphatic rings. The number of aromatic amines is 1. The van der Waals surface area contributed by atoms with Gasteiger partial charge in [-0.3, -0.25) is 5.10 Å². The second kappa shape index (κ2) is 13.9. The Morgan fingerprint density at radius 3 is 2.62 bits per heavy atom. The second-order valence-electron chi connectivity index (χ2n) is 9.46. The maximum atomic E-state index is 12.8. The normalized spacial score (nSPS) is 11.7. The molecule has 0 saturated carbocycles. The molecule has 3 heterocycles. The number of alkyl halides is 3. The highest BCUT2D eigenvalue weighted by atomic mass is 19.4. The van der Waals surface area contributed by atoms with Crippen LogP contribution >= 0.6 is 0 Å². The fourth-order valence-corrected chi connectivity index (χ4v) is 4.42. The van der Waals surface area contributed by atoms with Crippen molar-refractivity contribution in [1.82, 2.24) is 30.7 Å². The van der Waals surface area contributed by atoms with E-state index in [-0.39, 0.29) is 5.75 Å². The number of oxazole rings is 1. The number of fused-ring (bicyclic) bond motifs is 1. The Morgan fingerprint density at radius 1 is 0.905 bits per heavy atom. The summed E-state index contributed by atoms with van der Waals surface area (Å²) in [5, 5.41) is 19.0. The van der Waals surface area contributed by atoms with Gasteiger partial charge < -0.3 is 23.9 Å². The molecule has 5 rings (SSSR count). The van der Waals surface area contributed by atoms with Gasteiger partial charge in [0.25, 0.3) is 0 Å². The monoisotopic (exact) mass is 582 g/mol. The molecule has 13 heteroatoms. The van der Waals surface area contributed by atoms with Crippen LogP contribution in [0.15, 0.2) is 72.0 Å². The molecule has 5 aromatic rings. The molecule has 10 nitrogen and oxygen atoms in total. The Kier molecular flexibility index (Phi) is 9.62. The zero-order valence-corrected chi connectivity index (χ0v) is 22.6. The zero-order valence-electron chi connectivity index (χ0n) is 22.6. The number of hydrogen-bond donors (Lipinski definition) is 2. The highest BCUT2D eigenvalue weighted by Gasteiger charge is 2.31. The van der Waals surface area contributed by atoms with Gasteiger partial charge >= 0.3 is 6.36 Å². The first-order valence-corrected chi connectivity index (χ1v) is 13.3. The highest BCUT2D eigenvalue weighted by molar-refractivity contribution is 5.89. The summed E-state index contributed by atoms with van der Waals surface area (Å²) < 4.78 is 59.5. The van der Waals surface area contributed by atoms with E-state index in [2.05, 4.69) is 35.4 Å². The van der Waals surface area contributed by atoms with Crippen molar-refractivity contribution in [3.05, 3.63) is 84.5 Å². The van der Waals surface area contributed by atoms with E-state index in [1.54, 1.807) is 18.6 Å². The minimum Gasteiger partial charge on any atom is -0.490 e. The molecular weight excluding hydrogens is 553 g/mol. The van der Waals surface area contributed by atoms with Crippen molar-refractivity contribution in [3.63, 3.8) is 0 Å². The van der Waals surface area contributed by atoms with Crippen molar-refractivity contribution < 1.29 is 31.8 Å². The Hall–Kier alpha value is -4.49. The van der Waals surface area contributed by atoms with Crippen LogP contribution in [0.2, 0.25) is 0 Å². The van der Waals surface area contributed by atoms with E-state index < -0.39 is 6.36 Å². The summed E-state index contributed by atoms with van der Waals surface area (Å²) in [6, 6.07) is 10.4. The standard InChI is InChI=1S/C29H29F3N6O4/c30-29(31,32)42-24-10-20(11-25-17-34-19-41-25)9-21(12-24)15-33-4-1-2-6-39-7-8-40-28-14-23(22-3-5-35-36-16-22)13-27-26(28)18-37-38-27/h3,5,9-10,12-14,16-19,33H,1-2,4,6-8,11,15H2,(H,37,38). The lowest BCUT2D eigenvalue weighted by molar-refractivity contribution is -0.274. The van der Waals surface area contributed by atoms with Crippen LogP contribution < -0.4 is 14.8 Å².